The fourth-order valence-corrected chi connectivity index (χ4v) is 2.60. The number of allylic oxidation sites excluding steroid dienone is 1. The van der Waals surface area contributed by atoms with Crippen LogP contribution in [-0.2, 0) is 29.8 Å². The molecule has 0 atom stereocenters. The summed E-state index contributed by atoms with van der Waals surface area (Å²) in [6.07, 6.45) is 0. The van der Waals surface area contributed by atoms with Crippen LogP contribution in [0.25, 0.3) is 0 Å². The number of alkyl halides is 2. The molecule has 0 saturated carbocycles. The van der Waals surface area contributed by atoms with Crippen molar-refractivity contribution in [1.29, 1.82) is 0 Å². The van der Waals surface area contributed by atoms with E-state index >= 15 is 0 Å². The van der Waals surface area contributed by atoms with Crippen LogP contribution in [0.5, 0.6) is 0 Å². The van der Waals surface area contributed by atoms with Crippen LogP contribution in [0.4, 0.5) is 13.2 Å². The van der Waals surface area contributed by atoms with Crippen molar-refractivity contribution in [3.05, 3.63) is 41.4 Å². The van der Waals surface area contributed by atoms with Crippen LogP contribution in [0.3, 0.4) is 0 Å². The van der Waals surface area contributed by atoms with Gasteiger partial charge in [-0.05, 0) is 19.1 Å². The minimum absolute atomic E-state index is 0. The molecule has 1 aliphatic rings. The molecule has 22 heavy (non-hydrogen) atoms. The van der Waals surface area contributed by atoms with Crippen molar-refractivity contribution in [3.63, 3.8) is 0 Å². The molecule has 2 rings (SSSR count). The smallest absolute Gasteiger partial charge is 0.378 e. The van der Waals surface area contributed by atoms with Crippen molar-refractivity contribution in [2.75, 3.05) is 6.61 Å². The van der Waals surface area contributed by atoms with Crippen LogP contribution < -0.4 is 0 Å². The fourth-order valence-electron chi connectivity index (χ4n) is 1.63. The van der Waals surface area contributed by atoms with Gasteiger partial charge in [0.15, 0.2) is 0 Å². The highest BCUT2D eigenvalue weighted by Gasteiger charge is 2.46. The zero-order chi connectivity index (χ0) is 15.8. The molecule has 0 amide bonds. The molecule has 0 radical (unpaired) electrons. The predicted molar refractivity (Wildman–Crippen MR) is 70.1 cm³/mol. The lowest BCUT2D eigenvalue weighted by atomic mass is 10.1. The normalized spacial score (nSPS) is 18.4. The number of halogens is 3. The molecule has 2 bridgehead atoms. The number of carbonyl (C=O) groups is 1. The number of ether oxygens (including phenoxy) is 1. The molecule has 1 aromatic rings. The van der Waals surface area contributed by atoms with Gasteiger partial charge in [-0.15, -0.1) is 0 Å². The standard InChI is InChI=1S/C12H9F3O5S.CH4/c1-2-19-11(16)9-10(13)12(14,15)7-4-3-5-8(6-7)21(17,18)20-9;/h3-6H,2H2,1H3;1H4. The Bertz CT molecular complexity index is 725. The van der Waals surface area contributed by atoms with Gasteiger partial charge in [0.1, 0.15) is 4.90 Å². The minimum Gasteiger partial charge on any atom is -0.460 e. The van der Waals surface area contributed by atoms with Gasteiger partial charge in [-0.3, -0.25) is 0 Å². The molecule has 0 aliphatic carbocycles. The Morgan fingerprint density at radius 2 is 2.00 bits per heavy atom. The van der Waals surface area contributed by atoms with E-state index in [1.165, 1.54) is 6.92 Å². The van der Waals surface area contributed by atoms with E-state index in [9.17, 15) is 26.4 Å². The van der Waals surface area contributed by atoms with Gasteiger partial charge in [-0.1, -0.05) is 19.6 Å². The number of carbonyl (C=O) groups excluding carboxylic acids is 1. The van der Waals surface area contributed by atoms with Gasteiger partial charge in [0, 0.05) is 5.56 Å². The second kappa shape index (κ2) is 5.99. The third kappa shape index (κ3) is 2.94. The molecule has 0 N–H and O–H groups in total. The van der Waals surface area contributed by atoms with Gasteiger partial charge in [0.25, 0.3) is 5.76 Å². The lowest BCUT2D eigenvalue weighted by Gasteiger charge is -2.21. The second-order valence-electron chi connectivity index (χ2n) is 4.00. The Balaban J connectivity index is 0.00000242. The van der Waals surface area contributed by atoms with Gasteiger partial charge in [-0.2, -0.15) is 17.2 Å². The van der Waals surface area contributed by atoms with E-state index in [-0.39, 0.29) is 14.0 Å². The van der Waals surface area contributed by atoms with Gasteiger partial charge in [0.2, 0.25) is 5.83 Å². The Morgan fingerprint density at radius 3 is 2.59 bits per heavy atom. The molecule has 1 aliphatic heterocycles. The monoisotopic (exact) mass is 338 g/mol. The molecular formula is C13H13F3O5S. The first-order chi connectivity index (χ1) is 9.70. The summed E-state index contributed by atoms with van der Waals surface area (Å²) in [4.78, 5) is 10.9. The molecular weight excluding hydrogens is 325 g/mol. The maximum atomic E-state index is 14.0. The average Bonchev–Trinajstić information content (AvgIpc) is 2.43. The first-order valence-corrected chi connectivity index (χ1v) is 7.11. The molecule has 0 unspecified atom stereocenters. The first kappa shape index (κ1) is 18.0. The molecule has 122 valence electrons. The average molecular weight is 338 g/mol. The lowest BCUT2D eigenvalue weighted by Crippen LogP contribution is -2.25. The third-order valence-corrected chi connectivity index (χ3v) is 3.83. The van der Waals surface area contributed by atoms with Crippen molar-refractivity contribution in [2.24, 2.45) is 0 Å². The Hall–Kier alpha value is -2.03. The van der Waals surface area contributed by atoms with E-state index in [1.54, 1.807) is 0 Å². The van der Waals surface area contributed by atoms with Crippen LogP contribution in [0.15, 0.2) is 40.7 Å². The summed E-state index contributed by atoms with van der Waals surface area (Å²) in [5.41, 5.74) is -0.911. The van der Waals surface area contributed by atoms with E-state index in [4.69, 9.17) is 0 Å². The fraction of sp³-hybridized carbons (Fsp3) is 0.308. The summed E-state index contributed by atoms with van der Waals surface area (Å²) in [5, 5.41) is 0. The zero-order valence-electron chi connectivity index (χ0n) is 10.6. The van der Waals surface area contributed by atoms with Crippen LogP contribution in [0.2, 0.25) is 0 Å². The highest BCUT2D eigenvalue weighted by atomic mass is 32.2. The van der Waals surface area contributed by atoms with Crippen LogP contribution >= 0.6 is 0 Å². The number of fused-ring (bicyclic) bond motifs is 2. The van der Waals surface area contributed by atoms with E-state index in [0.29, 0.717) is 6.07 Å². The van der Waals surface area contributed by atoms with Gasteiger partial charge in [0.05, 0.1) is 6.61 Å². The molecule has 1 aromatic carbocycles. The summed E-state index contributed by atoms with van der Waals surface area (Å²) in [5.74, 6) is -9.83. The quantitative estimate of drug-likeness (QED) is 0.613. The zero-order valence-corrected chi connectivity index (χ0v) is 11.4. The summed E-state index contributed by atoms with van der Waals surface area (Å²) in [6, 6.07) is 3.42. The maximum Gasteiger partial charge on any atom is 0.378 e. The Labute approximate surface area is 125 Å². The van der Waals surface area contributed by atoms with Gasteiger partial charge >= 0.3 is 22.0 Å². The maximum absolute atomic E-state index is 14.0. The second-order valence-corrected chi connectivity index (χ2v) is 5.55. The first-order valence-electron chi connectivity index (χ1n) is 5.70. The highest BCUT2D eigenvalue weighted by Crippen LogP contribution is 2.41. The van der Waals surface area contributed by atoms with Crippen LogP contribution in [0.1, 0.15) is 19.9 Å². The molecule has 1 heterocycles. The van der Waals surface area contributed by atoms with Crippen molar-refractivity contribution >= 4 is 16.1 Å². The summed E-state index contributed by atoms with van der Waals surface area (Å²) in [6.45, 7) is 1.07. The lowest BCUT2D eigenvalue weighted by molar-refractivity contribution is -0.141. The van der Waals surface area contributed by atoms with Crippen molar-refractivity contribution < 1.29 is 35.3 Å². The molecule has 0 spiro atoms. The van der Waals surface area contributed by atoms with Gasteiger partial charge in [-0.25, -0.2) is 9.18 Å². The minimum atomic E-state index is -4.61. The summed E-state index contributed by atoms with van der Waals surface area (Å²) >= 11 is 0. The van der Waals surface area contributed by atoms with Gasteiger partial charge < -0.3 is 8.92 Å². The van der Waals surface area contributed by atoms with Crippen LogP contribution in [0, 0.1) is 0 Å². The molecule has 5 nitrogen and oxygen atoms in total. The van der Waals surface area contributed by atoms with E-state index in [1.807, 2.05) is 0 Å². The molecule has 9 heteroatoms. The predicted octanol–water partition coefficient (Wildman–Crippen LogP) is 2.88. The van der Waals surface area contributed by atoms with E-state index < -0.39 is 44.1 Å². The Morgan fingerprint density at radius 1 is 1.36 bits per heavy atom. The van der Waals surface area contributed by atoms with Crippen molar-refractivity contribution in [1.82, 2.24) is 0 Å². The number of hydrogen-bond acceptors (Lipinski definition) is 5. The topological polar surface area (TPSA) is 69.7 Å². The highest BCUT2D eigenvalue weighted by molar-refractivity contribution is 7.86. The number of hydrogen-bond donors (Lipinski definition) is 0. The number of benzene rings is 1. The Kier molecular flexibility index (Phi) is 4.91. The largest absolute Gasteiger partial charge is 0.460 e. The van der Waals surface area contributed by atoms with Crippen molar-refractivity contribution in [3.8, 4) is 0 Å². The number of esters is 1. The number of rotatable bonds is 2. The third-order valence-electron chi connectivity index (χ3n) is 2.61. The molecule has 0 fully saturated rings. The molecule has 0 aromatic heterocycles. The summed E-state index contributed by atoms with van der Waals surface area (Å²) in [7, 11) is -4.61. The molecule has 0 saturated heterocycles. The SMILES string of the molecule is C.CCOC(=O)C1=C(F)C(F)(F)c2cccc(c2)S(=O)(=O)O1. The summed E-state index contributed by atoms with van der Waals surface area (Å²) < 4.78 is 74.0. The van der Waals surface area contributed by atoms with E-state index in [0.717, 1.165) is 18.2 Å². The van der Waals surface area contributed by atoms with E-state index in [2.05, 4.69) is 8.92 Å². The van der Waals surface area contributed by atoms with Crippen LogP contribution in [-0.4, -0.2) is 21.0 Å². The van der Waals surface area contributed by atoms with Crippen molar-refractivity contribution in [2.45, 2.75) is 25.2 Å².